The van der Waals surface area contributed by atoms with Gasteiger partial charge in [-0.2, -0.15) is 0 Å². The van der Waals surface area contributed by atoms with Gasteiger partial charge in [-0.25, -0.2) is 0 Å². The van der Waals surface area contributed by atoms with Crippen LogP contribution in [0.1, 0.15) is 11.4 Å². The quantitative estimate of drug-likeness (QED) is 0.563. The molecule has 1 aromatic heterocycles. The summed E-state index contributed by atoms with van der Waals surface area (Å²) in [5.74, 6) is 0. The molecule has 14 heavy (non-hydrogen) atoms. The van der Waals surface area contributed by atoms with Gasteiger partial charge in [0.2, 0.25) is 0 Å². The van der Waals surface area contributed by atoms with Crippen LogP contribution < -0.4 is 0 Å². The van der Waals surface area contributed by atoms with Crippen LogP contribution in [0, 0.1) is 0 Å². The number of allylic oxidation sites excluding steroid dienone is 3. The van der Waals surface area contributed by atoms with Crippen LogP contribution in [0.3, 0.4) is 0 Å². The number of hydrogen-bond acceptors (Lipinski definition) is 0. The van der Waals surface area contributed by atoms with Gasteiger partial charge in [0, 0.05) is 0 Å². The molecule has 0 N–H and O–H groups in total. The van der Waals surface area contributed by atoms with Gasteiger partial charge < -0.3 is 0 Å². The van der Waals surface area contributed by atoms with Gasteiger partial charge in [0.15, 0.2) is 0 Å². The van der Waals surface area contributed by atoms with Crippen molar-refractivity contribution in [1.82, 2.24) is 0 Å². The Balaban J connectivity index is 2.35. The van der Waals surface area contributed by atoms with Gasteiger partial charge in [-0.15, -0.1) is 0 Å². The third-order valence-electron chi connectivity index (χ3n) is 2.01. The van der Waals surface area contributed by atoms with Crippen molar-refractivity contribution in [3.63, 3.8) is 0 Å². The molecule has 1 heteroatoms. The van der Waals surface area contributed by atoms with E-state index in [1.54, 1.807) is 0 Å². The van der Waals surface area contributed by atoms with Gasteiger partial charge in [0.1, 0.15) is 0 Å². The second kappa shape index (κ2) is 4.45. The van der Waals surface area contributed by atoms with Crippen molar-refractivity contribution in [1.29, 1.82) is 0 Å². The Labute approximate surface area is 90.3 Å². The Bertz CT molecular complexity index is 442. The fourth-order valence-corrected chi connectivity index (χ4v) is 3.40. The van der Waals surface area contributed by atoms with E-state index in [0.717, 1.165) is 0 Å². The summed E-state index contributed by atoms with van der Waals surface area (Å²) in [6.45, 7) is 2.03. The Kier molecular flexibility index (Phi) is 3.03. The second-order valence-corrected chi connectivity index (χ2v) is 5.41. The van der Waals surface area contributed by atoms with Crippen molar-refractivity contribution < 1.29 is 0 Å². The minimum atomic E-state index is 0.509. The van der Waals surface area contributed by atoms with E-state index >= 15 is 0 Å². The van der Waals surface area contributed by atoms with E-state index in [1.807, 2.05) is 13.0 Å². The third kappa shape index (κ3) is 2.06. The van der Waals surface area contributed by atoms with Crippen LogP contribution >= 0.6 is 0 Å². The number of benzene rings is 1. The van der Waals surface area contributed by atoms with Crippen LogP contribution in [0.15, 0.2) is 48.6 Å². The molecule has 0 aliphatic carbocycles. The fraction of sp³-hybridized carbons (Fsp3) is 0.0769. The normalized spacial score (nSPS) is 12.1. The van der Waals surface area contributed by atoms with Crippen molar-refractivity contribution in [3.05, 3.63) is 53.0 Å². The Morgan fingerprint density at radius 2 is 2.00 bits per heavy atom. The summed E-state index contributed by atoms with van der Waals surface area (Å²) >= 11 is 0.509. The van der Waals surface area contributed by atoms with Crippen LogP contribution in [0.2, 0.25) is 0 Å². The molecule has 0 bridgehead atoms. The van der Waals surface area contributed by atoms with Crippen molar-refractivity contribution >= 4 is 30.2 Å². The first-order chi connectivity index (χ1) is 6.90. The van der Waals surface area contributed by atoms with E-state index in [2.05, 4.69) is 48.6 Å². The molecule has 0 fully saturated rings. The summed E-state index contributed by atoms with van der Waals surface area (Å²) in [4.78, 5) is 0. The van der Waals surface area contributed by atoms with Crippen LogP contribution in [-0.4, -0.2) is 14.5 Å². The molecule has 0 radical (unpaired) electrons. The van der Waals surface area contributed by atoms with Gasteiger partial charge >= 0.3 is 90.1 Å². The first-order valence-electron chi connectivity index (χ1n) is 4.68. The first-order valence-corrected chi connectivity index (χ1v) is 6.39. The van der Waals surface area contributed by atoms with E-state index in [4.69, 9.17) is 0 Å². The molecule has 0 amide bonds. The number of hydrogen-bond donors (Lipinski definition) is 0. The van der Waals surface area contributed by atoms with Gasteiger partial charge in [0.05, 0.1) is 0 Å². The standard InChI is InChI=1S/C13H12Se/c1-2-3-4-8-12-10-11-7-5-6-9-13(11)14-12/h2-10H,1H3/b3-2+,8-4+. The van der Waals surface area contributed by atoms with Crippen molar-refractivity contribution in [2.75, 3.05) is 0 Å². The second-order valence-electron chi connectivity index (χ2n) is 3.07. The molecule has 0 saturated carbocycles. The summed E-state index contributed by atoms with van der Waals surface area (Å²) in [5.41, 5.74) is 0. The molecule has 2 rings (SSSR count). The molecule has 1 aromatic carbocycles. The molecule has 0 nitrogen and oxygen atoms in total. The Morgan fingerprint density at radius 3 is 2.79 bits per heavy atom. The number of fused-ring (bicyclic) bond motifs is 1. The average molecular weight is 247 g/mol. The van der Waals surface area contributed by atoms with Gasteiger partial charge in [-0.3, -0.25) is 0 Å². The van der Waals surface area contributed by atoms with Gasteiger partial charge in [-0.05, 0) is 0 Å². The molecular formula is C13H12Se. The third-order valence-corrected chi connectivity index (χ3v) is 4.28. The molecule has 1 heterocycles. The zero-order chi connectivity index (χ0) is 9.80. The summed E-state index contributed by atoms with van der Waals surface area (Å²) < 4.78 is 2.96. The predicted molar refractivity (Wildman–Crippen MR) is 64.7 cm³/mol. The molecule has 70 valence electrons. The molecule has 0 spiro atoms. The molecule has 0 aliphatic heterocycles. The topological polar surface area (TPSA) is 0 Å². The predicted octanol–water partition coefficient (Wildman–Crippen LogP) is 3.49. The molecule has 0 atom stereocenters. The SMILES string of the molecule is C/C=C/C=C/c1cc2ccccc2[se]1. The fourth-order valence-electron chi connectivity index (χ4n) is 1.35. The van der Waals surface area contributed by atoms with Crippen molar-refractivity contribution in [2.24, 2.45) is 0 Å². The number of rotatable bonds is 2. The zero-order valence-corrected chi connectivity index (χ0v) is 9.82. The summed E-state index contributed by atoms with van der Waals surface area (Å²) in [7, 11) is 0. The summed E-state index contributed by atoms with van der Waals surface area (Å²) in [6.07, 6.45) is 8.44. The van der Waals surface area contributed by atoms with E-state index in [9.17, 15) is 0 Å². The van der Waals surface area contributed by atoms with Crippen molar-refractivity contribution in [2.45, 2.75) is 6.92 Å². The maximum atomic E-state index is 2.29. The van der Waals surface area contributed by atoms with Crippen LogP contribution in [-0.2, 0) is 0 Å². The van der Waals surface area contributed by atoms with Crippen LogP contribution in [0.25, 0.3) is 15.7 Å². The van der Waals surface area contributed by atoms with Crippen molar-refractivity contribution in [3.8, 4) is 0 Å². The molecule has 2 aromatic rings. The first kappa shape index (κ1) is 9.51. The molecular weight excluding hydrogens is 235 g/mol. The molecule has 0 unspecified atom stereocenters. The summed E-state index contributed by atoms with van der Waals surface area (Å²) in [6, 6.07) is 10.9. The Morgan fingerprint density at radius 1 is 1.14 bits per heavy atom. The van der Waals surface area contributed by atoms with Gasteiger partial charge in [0.25, 0.3) is 0 Å². The minimum absolute atomic E-state index is 0.509. The monoisotopic (exact) mass is 248 g/mol. The molecule has 0 aliphatic rings. The average Bonchev–Trinajstić information content (AvgIpc) is 2.60. The maximum absolute atomic E-state index is 2.29. The Hall–Kier alpha value is -1.04. The summed E-state index contributed by atoms with van der Waals surface area (Å²) in [5, 5.41) is 1.40. The van der Waals surface area contributed by atoms with Crippen LogP contribution in [0.4, 0.5) is 0 Å². The van der Waals surface area contributed by atoms with E-state index < -0.39 is 0 Å². The van der Waals surface area contributed by atoms with E-state index in [1.165, 1.54) is 14.1 Å². The van der Waals surface area contributed by atoms with Gasteiger partial charge in [-0.1, -0.05) is 0 Å². The zero-order valence-electron chi connectivity index (χ0n) is 8.10. The molecule has 0 saturated heterocycles. The van der Waals surface area contributed by atoms with E-state index in [0.29, 0.717) is 14.5 Å². The van der Waals surface area contributed by atoms with Crippen LogP contribution in [0.5, 0.6) is 0 Å². The van der Waals surface area contributed by atoms with E-state index in [-0.39, 0.29) is 0 Å².